The summed E-state index contributed by atoms with van der Waals surface area (Å²) in [6.07, 6.45) is 8.72. The van der Waals surface area contributed by atoms with Crippen molar-refractivity contribution in [3.05, 3.63) is 0 Å². The third-order valence-corrected chi connectivity index (χ3v) is 2.79. The van der Waals surface area contributed by atoms with E-state index < -0.39 is 0 Å². The molecule has 1 fully saturated rings. The molecule has 1 saturated carbocycles. The molecule has 1 aliphatic carbocycles. The highest BCUT2D eigenvalue weighted by atomic mass is 15.1. The van der Waals surface area contributed by atoms with E-state index in [4.69, 9.17) is 0 Å². The first-order chi connectivity index (χ1) is 6.33. The quantitative estimate of drug-likeness (QED) is 0.640. The van der Waals surface area contributed by atoms with Gasteiger partial charge in [-0.25, -0.2) is 0 Å². The first-order valence-electron chi connectivity index (χ1n) is 5.82. The number of hydrogen-bond donors (Lipinski definition) is 2. The Morgan fingerprint density at radius 1 is 1.23 bits per heavy atom. The Bertz CT molecular complexity index is 119. The van der Waals surface area contributed by atoms with Crippen LogP contribution >= 0.6 is 0 Å². The predicted molar refractivity (Wildman–Crippen MR) is 57.8 cm³/mol. The predicted octanol–water partition coefficient (Wildman–Crippen LogP) is 2.25. The molecule has 1 aliphatic rings. The van der Waals surface area contributed by atoms with Gasteiger partial charge in [-0.2, -0.15) is 0 Å². The molecule has 0 saturated heterocycles. The van der Waals surface area contributed by atoms with Crippen molar-refractivity contribution >= 4 is 0 Å². The molecule has 1 rings (SSSR count). The smallest absolute Gasteiger partial charge is 0.0544 e. The van der Waals surface area contributed by atoms with Crippen LogP contribution in [0.5, 0.6) is 0 Å². The van der Waals surface area contributed by atoms with Crippen molar-refractivity contribution in [2.24, 2.45) is 0 Å². The fourth-order valence-corrected chi connectivity index (χ4v) is 2.04. The molecule has 78 valence electrons. The Balaban J connectivity index is 2.07. The Kier molecular flexibility index (Phi) is 5.40. The molecular weight excluding hydrogens is 160 g/mol. The minimum atomic E-state index is 0.489. The second kappa shape index (κ2) is 6.39. The Morgan fingerprint density at radius 2 is 1.92 bits per heavy atom. The van der Waals surface area contributed by atoms with Crippen LogP contribution in [-0.4, -0.2) is 18.8 Å². The van der Waals surface area contributed by atoms with Crippen molar-refractivity contribution in [1.29, 1.82) is 0 Å². The summed E-state index contributed by atoms with van der Waals surface area (Å²) in [6, 6.07) is 0.771. The summed E-state index contributed by atoms with van der Waals surface area (Å²) < 4.78 is 0. The van der Waals surface area contributed by atoms with Crippen molar-refractivity contribution in [3.63, 3.8) is 0 Å². The first kappa shape index (κ1) is 11.0. The number of rotatable bonds is 5. The molecule has 1 unspecified atom stereocenters. The minimum absolute atomic E-state index is 0.489. The average molecular weight is 184 g/mol. The molecular formula is C11H24N2. The maximum absolute atomic E-state index is 3.64. The van der Waals surface area contributed by atoms with Crippen LogP contribution in [0.3, 0.4) is 0 Å². The molecule has 0 spiro atoms. The summed E-state index contributed by atoms with van der Waals surface area (Å²) in [5.74, 6) is 0. The van der Waals surface area contributed by atoms with Gasteiger partial charge in [-0.3, -0.25) is 5.32 Å². The van der Waals surface area contributed by atoms with E-state index in [1.807, 2.05) is 0 Å². The normalized spacial score (nSPS) is 21.7. The fraction of sp³-hybridized carbons (Fsp3) is 1.00. The van der Waals surface area contributed by atoms with Gasteiger partial charge in [0.05, 0.1) is 6.17 Å². The van der Waals surface area contributed by atoms with Gasteiger partial charge >= 0.3 is 0 Å². The Morgan fingerprint density at radius 3 is 2.54 bits per heavy atom. The van der Waals surface area contributed by atoms with Crippen LogP contribution in [0.4, 0.5) is 0 Å². The topological polar surface area (TPSA) is 24.1 Å². The lowest BCUT2D eigenvalue weighted by atomic mass is 9.95. The van der Waals surface area contributed by atoms with Gasteiger partial charge in [0.25, 0.3) is 0 Å². The second-order valence-electron chi connectivity index (χ2n) is 4.18. The van der Waals surface area contributed by atoms with Gasteiger partial charge in [-0.1, -0.05) is 26.2 Å². The lowest BCUT2D eigenvalue weighted by Crippen LogP contribution is -2.46. The lowest BCUT2D eigenvalue weighted by Gasteiger charge is -2.27. The minimum Gasteiger partial charge on any atom is -0.302 e. The molecule has 0 aromatic rings. The van der Waals surface area contributed by atoms with Gasteiger partial charge in [0.2, 0.25) is 0 Å². The fourth-order valence-electron chi connectivity index (χ4n) is 2.04. The van der Waals surface area contributed by atoms with Crippen LogP contribution in [0.15, 0.2) is 0 Å². The zero-order valence-electron chi connectivity index (χ0n) is 9.10. The standard InChI is InChI=1S/C11H24N2/c1-3-9-12-10(2)13-11-7-5-4-6-8-11/h10-13H,3-9H2,1-2H3. The van der Waals surface area contributed by atoms with Crippen molar-refractivity contribution in [2.45, 2.75) is 64.6 Å². The van der Waals surface area contributed by atoms with Gasteiger partial charge in [-0.05, 0) is 32.7 Å². The van der Waals surface area contributed by atoms with E-state index in [0.717, 1.165) is 12.6 Å². The van der Waals surface area contributed by atoms with E-state index in [-0.39, 0.29) is 0 Å². The van der Waals surface area contributed by atoms with Gasteiger partial charge in [0.1, 0.15) is 0 Å². The molecule has 0 aromatic carbocycles. The van der Waals surface area contributed by atoms with E-state index in [1.165, 1.54) is 38.5 Å². The maximum Gasteiger partial charge on any atom is 0.0544 e. The molecule has 2 heteroatoms. The van der Waals surface area contributed by atoms with Gasteiger partial charge in [0.15, 0.2) is 0 Å². The summed E-state index contributed by atoms with van der Waals surface area (Å²) in [7, 11) is 0. The summed E-state index contributed by atoms with van der Waals surface area (Å²) in [5.41, 5.74) is 0. The van der Waals surface area contributed by atoms with Crippen LogP contribution in [0.1, 0.15) is 52.4 Å². The van der Waals surface area contributed by atoms with E-state index in [9.17, 15) is 0 Å². The summed E-state index contributed by atoms with van der Waals surface area (Å²) in [5, 5.41) is 7.11. The molecule has 13 heavy (non-hydrogen) atoms. The highest BCUT2D eigenvalue weighted by Crippen LogP contribution is 2.17. The van der Waals surface area contributed by atoms with Crippen LogP contribution < -0.4 is 10.6 Å². The van der Waals surface area contributed by atoms with Crippen LogP contribution in [-0.2, 0) is 0 Å². The Hall–Kier alpha value is -0.0800. The number of hydrogen-bond acceptors (Lipinski definition) is 2. The first-order valence-corrected chi connectivity index (χ1v) is 5.82. The van der Waals surface area contributed by atoms with Gasteiger partial charge in [-0.15, -0.1) is 0 Å². The van der Waals surface area contributed by atoms with E-state index >= 15 is 0 Å². The maximum atomic E-state index is 3.64. The van der Waals surface area contributed by atoms with Gasteiger partial charge < -0.3 is 5.32 Å². The largest absolute Gasteiger partial charge is 0.302 e. The molecule has 0 radical (unpaired) electrons. The summed E-state index contributed by atoms with van der Waals surface area (Å²) >= 11 is 0. The molecule has 0 amide bonds. The van der Waals surface area contributed by atoms with Gasteiger partial charge in [0, 0.05) is 6.04 Å². The molecule has 2 N–H and O–H groups in total. The zero-order chi connectivity index (χ0) is 9.52. The monoisotopic (exact) mass is 184 g/mol. The highest BCUT2D eigenvalue weighted by molar-refractivity contribution is 4.74. The second-order valence-corrected chi connectivity index (χ2v) is 4.18. The molecule has 0 bridgehead atoms. The van der Waals surface area contributed by atoms with Crippen molar-refractivity contribution in [2.75, 3.05) is 6.54 Å². The number of nitrogens with one attached hydrogen (secondary N) is 2. The lowest BCUT2D eigenvalue weighted by molar-refractivity contribution is 0.319. The molecule has 0 heterocycles. The average Bonchev–Trinajstić information content (AvgIpc) is 2.16. The van der Waals surface area contributed by atoms with Crippen LogP contribution in [0, 0.1) is 0 Å². The van der Waals surface area contributed by atoms with Crippen LogP contribution in [0.2, 0.25) is 0 Å². The molecule has 0 aromatic heterocycles. The molecule has 2 nitrogen and oxygen atoms in total. The van der Waals surface area contributed by atoms with Crippen molar-refractivity contribution in [3.8, 4) is 0 Å². The zero-order valence-corrected chi connectivity index (χ0v) is 9.10. The van der Waals surface area contributed by atoms with E-state index in [0.29, 0.717) is 6.17 Å². The Labute approximate surface area is 82.5 Å². The SMILES string of the molecule is CCCNC(C)NC1CCCCC1. The van der Waals surface area contributed by atoms with E-state index in [2.05, 4.69) is 24.5 Å². The summed E-state index contributed by atoms with van der Waals surface area (Å²) in [4.78, 5) is 0. The van der Waals surface area contributed by atoms with Crippen molar-refractivity contribution < 1.29 is 0 Å². The molecule has 1 atom stereocenters. The third kappa shape index (κ3) is 4.63. The third-order valence-electron chi connectivity index (χ3n) is 2.79. The summed E-state index contributed by atoms with van der Waals surface area (Å²) in [6.45, 7) is 5.56. The van der Waals surface area contributed by atoms with Crippen molar-refractivity contribution in [1.82, 2.24) is 10.6 Å². The van der Waals surface area contributed by atoms with E-state index in [1.54, 1.807) is 0 Å². The van der Waals surface area contributed by atoms with Crippen LogP contribution in [0.25, 0.3) is 0 Å². The highest BCUT2D eigenvalue weighted by Gasteiger charge is 2.14. The molecule has 0 aliphatic heterocycles.